The zero-order valence-electron chi connectivity index (χ0n) is 6.65. The summed E-state index contributed by atoms with van der Waals surface area (Å²) >= 11 is 0. The summed E-state index contributed by atoms with van der Waals surface area (Å²) in [5.41, 5.74) is -5.67. The smallest absolute Gasteiger partial charge is 0.242 e. The van der Waals surface area contributed by atoms with Crippen LogP contribution in [0, 0.1) is 0 Å². The highest BCUT2D eigenvalue weighted by atomic mass is 32.2. The number of alkyl halides is 7. The van der Waals surface area contributed by atoms with Crippen LogP contribution in [-0.2, 0) is 9.84 Å². The van der Waals surface area contributed by atoms with Crippen molar-refractivity contribution in [2.75, 3.05) is 5.75 Å². The van der Waals surface area contributed by atoms with E-state index in [1.54, 1.807) is 0 Å². The molecule has 1 aliphatic heterocycles. The molecule has 2 unspecified atom stereocenters. The molecule has 15 heavy (non-hydrogen) atoms. The van der Waals surface area contributed by atoms with Crippen LogP contribution in [0.4, 0.5) is 30.7 Å². The minimum atomic E-state index is -6.29. The quantitative estimate of drug-likeness (QED) is 0.620. The average Bonchev–Trinajstić information content (AvgIpc) is 2.08. The third kappa shape index (κ3) is 1.26. The number of halogens is 7. The minimum Gasteiger partial charge on any atom is -0.242 e. The third-order valence-corrected chi connectivity index (χ3v) is 3.83. The van der Waals surface area contributed by atoms with Crippen LogP contribution < -0.4 is 0 Å². The summed E-state index contributed by atoms with van der Waals surface area (Å²) in [6.45, 7) is 0. The van der Waals surface area contributed by atoms with Gasteiger partial charge in [-0.05, 0) is 0 Å². The Morgan fingerprint density at radius 1 is 1.13 bits per heavy atom. The molecule has 1 aliphatic rings. The average molecular weight is 260 g/mol. The van der Waals surface area contributed by atoms with Crippen molar-refractivity contribution in [3.63, 3.8) is 0 Å². The van der Waals surface area contributed by atoms with Crippen LogP contribution in [0.1, 0.15) is 0 Å². The van der Waals surface area contributed by atoms with Crippen molar-refractivity contribution in [2.24, 2.45) is 0 Å². The lowest BCUT2D eigenvalue weighted by atomic mass is 10.0. The van der Waals surface area contributed by atoms with E-state index < -0.39 is 38.9 Å². The molecule has 90 valence electrons. The first-order chi connectivity index (χ1) is 6.38. The zero-order valence-corrected chi connectivity index (χ0v) is 7.47. The van der Waals surface area contributed by atoms with E-state index in [4.69, 9.17) is 0 Å². The Hall–Kier alpha value is -0.540. The summed E-state index contributed by atoms with van der Waals surface area (Å²) in [7, 11) is -5.77. The summed E-state index contributed by atoms with van der Waals surface area (Å²) in [5.74, 6) is -2.18. The Kier molecular flexibility index (Phi) is 2.31. The molecule has 2 atom stereocenters. The molecule has 1 fully saturated rings. The maximum Gasteiger partial charge on any atom is 0.432 e. The van der Waals surface area contributed by atoms with Crippen LogP contribution in [0.5, 0.6) is 0 Å². The fraction of sp³-hybridized carbons (Fsp3) is 1.00. The van der Waals surface area contributed by atoms with Gasteiger partial charge in [0.25, 0.3) is 0 Å². The molecule has 2 nitrogen and oxygen atoms in total. The lowest BCUT2D eigenvalue weighted by Crippen LogP contribution is -2.58. The van der Waals surface area contributed by atoms with Crippen molar-refractivity contribution < 1.29 is 39.2 Å². The molecule has 0 spiro atoms. The van der Waals surface area contributed by atoms with Crippen LogP contribution in [-0.4, -0.2) is 37.4 Å². The van der Waals surface area contributed by atoms with Crippen molar-refractivity contribution in [2.45, 2.75) is 23.3 Å². The molecule has 1 rings (SSSR count). The molecule has 0 aliphatic carbocycles. The Morgan fingerprint density at radius 3 is 1.67 bits per heavy atom. The van der Waals surface area contributed by atoms with Crippen molar-refractivity contribution in [1.82, 2.24) is 0 Å². The van der Waals surface area contributed by atoms with Crippen molar-refractivity contribution in [3.05, 3.63) is 0 Å². The normalized spacial score (nSPS) is 39.3. The Morgan fingerprint density at radius 2 is 1.53 bits per heavy atom. The first-order valence-electron chi connectivity index (χ1n) is 3.38. The maximum absolute atomic E-state index is 12.9. The maximum atomic E-state index is 12.9. The molecular formula is C5H3F7O2S. The summed E-state index contributed by atoms with van der Waals surface area (Å²) < 4.78 is 107. The highest BCUT2D eigenvalue weighted by Gasteiger charge is 2.85. The Labute approximate surface area is 79.0 Å². The molecule has 10 heteroatoms. The highest BCUT2D eigenvalue weighted by Crippen LogP contribution is 2.55. The molecule has 0 aromatic carbocycles. The number of hydrogen-bond donors (Lipinski definition) is 0. The van der Waals surface area contributed by atoms with E-state index in [2.05, 4.69) is 0 Å². The van der Waals surface area contributed by atoms with E-state index >= 15 is 0 Å². The predicted octanol–water partition coefficient (Wildman–Crippen LogP) is 1.62. The van der Waals surface area contributed by atoms with Gasteiger partial charge in [0.2, 0.25) is 9.84 Å². The van der Waals surface area contributed by atoms with Gasteiger partial charge in [-0.1, -0.05) is 0 Å². The zero-order chi connectivity index (χ0) is 12.3. The molecule has 1 saturated heterocycles. The molecule has 0 aromatic rings. The fourth-order valence-corrected chi connectivity index (χ4v) is 2.68. The summed E-state index contributed by atoms with van der Waals surface area (Å²) in [6.07, 6.45) is -10.1. The van der Waals surface area contributed by atoms with Gasteiger partial charge >= 0.3 is 17.1 Å². The minimum absolute atomic E-state index is 2.18. The number of rotatable bonds is 0. The largest absolute Gasteiger partial charge is 0.432 e. The monoisotopic (exact) mass is 260 g/mol. The molecule has 0 aromatic heterocycles. The fourth-order valence-electron chi connectivity index (χ4n) is 1.16. The predicted molar refractivity (Wildman–Crippen MR) is 33.5 cm³/mol. The lowest BCUT2D eigenvalue weighted by Gasteiger charge is -2.28. The SMILES string of the molecule is O=S1(=O)CC(F)C(F)(C(F)(F)F)C1(F)F. The summed E-state index contributed by atoms with van der Waals surface area (Å²) in [4.78, 5) is 0. The van der Waals surface area contributed by atoms with Crippen molar-refractivity contribution in [3.8, 4) is 0 Å². The van der Waals surface area contributed by atoms with Gasteiger partial charge < -0.3 is 0 Å². The molecule has 0 bridgehead atoms. The van der Waals surface area contributed by atoms with E-state index in [9.17, 15) is 39.2 Å². The second-order valence-corrected chi connectivity index (χ2v) is 5.05. The Balaban J connectivity index is 3.45. The van der Waals surface area contributed by atoms with Crippen LogP contribution in [0.25, 0.3) is 0 Å². The lowest BCUT2D eigenvalue weighted by molar-refractivity contribution is -0.290. The molecule has 0 radical (unpaired) electrons. The van der Waals surface area contributed by atoms with Gasteiger partial charge in [-0.15, -0.1) is 0 Å². The van der Waals surface area contributed by atoms with Gasteiger partial charge in [-0.2, -0.15) is 22.0 Å². The van der Waals surface area contributed by atoms with Crippen LogP contribution in [0.3, 0.4) is 0 Å². The van der Waals surface area contributed by atoms with E-state index in [1.165, 1.54) is 0 Å². The van der Waals surface area contributed by atoms with Crippen molar-refractivity contribution >= 4 is 9.84 Å². The molecule has 0 saturated carbocycles. The summed E-state index contributed by atoms with van der Waals surface area (Å²) in [6, 6.07) is 0. The Bertz CT molecular complexity index is 371. The van der Waals surface area contributed by atoms with Gasteiger partial charge in [0.05, 0.1) is 5.75 Å². The number of sulfone groups is 1. The second-order valence-electron chi connectivity index (χ2n) is 2.98. The van der Waals surface area contributed by atoms with Crippen LogP contribution >= 0.6 is 0 Å². The first-order valence-corrected chi connectivity index (χ1v) is 5.03. The molecule has 0 amide bonds. The molecule has 0 N–H and O–H groups in total. The van der Waals surface area contributed by atoms with Gasteiger partial charge in [0.1, 0.15) is 0 Å². The van der Waals surface area contributed by atoms with Gasteiger partial charge in [0, 0.05) is 0 Å². The first kappa shape index (κ1) is 12.5. The topological polar surface area (TPSA) is 34.1 Å². The summed E-state index contributed by atoms with van der Waals surface area (Å²) in [5, 5.41) is -5.79. The highest BCUT2D eigenvalue weighted by molar-refractivity contribution is 7.92. The van der Waals surface area contributed by atoms with Crippen LogP contribution in [0.15, 0.2) is 0 Å². The van der Waals surface area contributed by atoms with E-state index in [0.29, 0.717) is 0 Å². The number of hydrogen-bond acceptors (Lipinski definition) is 2. The van der Waals surface area contributed by atoms with Gasteiger partial charge in [0.15, 0.2) is 6.17 Å². The van der Waals surface area contributed by atoms with E-state index in [0.717, 1.165) is 0 Å². The standard InChI is InChI=1S/C5H3F7O2S/c6-2-1-15(13,14)5(11,12)3(2,7)4(8,9)10/h2H,1H2. The van der Waals surface area contributed by atoms with Gasteiger partial charge in [-0.25, -0.2) is 17.2 Å². The second kappa shape index (κ2) is 2.77. The van der Waals surface area contributed by atoms with Crippen molar-refractivity contribution in [1.29, 1.82) is 0 Å². The molecular weight excluding hydrogens is 257 g/mol. The van der Waals surface area contributed by atoms with E-state index in [1.807, 2.05) is 0 Å². The third-order valence-electron chi connectivity index (χ3n) is 2.02. The van der Waals surface area contributed by atoms with E-state index in [-0.39, 0.29) is 0 Å². The molecule has 1 heterocycles. The van der Waals surface area contributed by atoms with Crippen LogP contribution in [0.2, 0.25) is 0 Å². The van der Waals surface area contributed by atoms with Gasteiger partial charge in [-0.3, -0.25) is 0 Å².